The Hall–Kier alpha value is -3.60. The number of methoxy groups -OCH3 is 2. The fourth-order valence-electron chi connectivity index (χ4n) is 5.69. The molecule has 0 fully saturated rings. The van der Waals surface area contributed by atoms with Gasteiger partial charge in [-0.2, -0.15) is 0 Å². The van der Waals surface area contributed by atoms with Crippen LogP contribution in [-0.2, 0) is 10.7 Å². The maximum atomic E-state index is 5.45. The van der Waals surface area contributed by atoms with Crippen molar-refractivity contribution in [3.05, 3.63) is 120 Å². The minimum atomic E-state index is 0.720. The average molecular weight is 652 g/mol. The molecule has 2 nitrogen and oxygen atoms in total. The molecule has 0 amide bonds. The minimum Gasteiger partial charge on any atom is -0.497 e. The highest BCUT2D eigenvalue weighted by atomic mass is 79.9. The molecule has 0 aliphatic heterocycles. The third-order valence-corrected chi connectivity index (χ3v) is 8.75. The van der Waals surface area contributed by atoms with Crippen LogP contribution in [0.4, 0.5) is 0 Å². The van der Waals surface area contributed by atoms with Gasteiger partial charge in [0.1, 0.15) is 11.5 Å². The molecule has 0 saturated carbocycles. The van der Waals surface area contributed by atoms with Crippen molar-refractivity contribution in [3.8, 4) is 44.9 Å². The van der Waals surface area contributed by atoms with Gasteiger partial charge < -0.3 is 9.47 Å². The third kappa shape index (κ3) is 4.70. The number of ether oxygens (including phenoxy) is 2. The van der Waals surface area contributed by atoms with Crippen LogP contribution >= 0.6 is 31.9 Å². The zero-order valence-corrected chi connectivity index (χ0v) is 25.6. The summed E-state index contributed by atoms with van der Waals surface area (Å²) >= 11 is 7.81. The minimum absolute atomic E-state index is 0.720. The molecule has 0 heterocycles. The first-order chi connectivity index (χ1) is 19.7. The van der Waals surface area contributed by atoms with Crippen LogP contribution < -0.4 is 9.47 Å². The summed E-state index contributed by atoms with van der Waals surface area (Å²) < 4.78 is 10.9. The summed E-state index contributed by atoms with van der Waals surface area (Å²) in [5.41, 5.74) is 9.83. The molecule has 0 N–H and O–H groups in total. The van der Waals surface area contributed by atoms with Crippen LogP contribution in [0.2, 0.25) is 0 Å². The van der Waals surface area contributed by atoms with Gasteiger partial charge in [0.2, 0.25) is 0 Å². The van der Waals surface area contributed by atoms with Crippen LogP contribution in [0.5, 0.6) is 11.5 Å². The first-order valence-corrected chi connectivity index (χ1v) is 15.4. The Morgan fingerprint density at radius 2 is 0.875 bits per heavy atom. The summed E-state index contributed by atoms with van der Waals surface area (Å²) in [5.74, 6) is 1.70. The van der Waals surface area contributed by atoms with Crippen molar-refractivity contribution in [3.63, 3.8) is 0 Å². The van der Waals surface area contributed by atoms with Gasteiger partial charge in [-0.15, -0.1) is 0 Å². The molecule has 6 aromatic rings. The Labute approximate surface area is 251 Å². The number of benzene rings is 6. The molecule has 0 aliphatic carbocycles. The van der Waals surface area contributed by atoms with E-state index in [4.69, 9.17) is 9.47 Å². The van der Waals surface area contributed by atoms with Gasteiger partial charge in [0.25, 0.3) is 0 Å². The smallest absolute Gasteiger partial charge is 0.118 e. The summed E-state index contributed by atoms with van der Waals surface area (Å²) in [6.07, 6.45) is 0. The molecular formula is C36H28Br2O2. The summed E-state index contributed by atoms with van der Waals surface area (Å²) in [6, 6.07) is 38.8. The molecule has 0 spiro atoms. The van der Waals surface area contributed by atoms with Gasteiger partial charge in [0, 0.05) is 10.7 Å². The zero-order chi connectivity index (χ0) is 27.6. The maximum absolute atomic E-state index is 5.45. The lowest BCUT2D eigenvalue weighted by Gasteiger charge is -2.23. The lowest BCUT2D eigenvalue weighted by Crippen LogP contribution is -2.00. The van der Waals surface area contributed by atoms with Crippen molar-refractivity contribution in [1.82, 2.24) is 0 Å². The first-order valence-electron chi connectivity index (χ1n) is 13.2. The second kappa shape index (κ2) is 11.5. The van der Waals surface area contributed by atoms with Crippen molar-refractivity contribution >= 4 is 53.4 Å². The van der Waals surface area contributed by atoms with E-state index in [1.54, 1.807) is 14.2 Å². The van der Waals surface area contributed by atoms with Crippen LogP contribution in [0.3, 0.4) is 0 Å². The van der Waals surface area contributed by atoms with Crippen molar-refractivity contribution in [2.24, 2.45) is 0 Å². The Morgan fingerprint density at radius 3 is 1.23 bits per heavy atom. The molecule has 198 valence electrons. The number of fused-ring (bicyclic) bond motifs is 2. The van der Waals surface area contributed by atoms with Crippen LogP contribution in [0.15, 0.2) is 109 Å². The summed E-state index contributed by atoms with van der Waals surface area (Å²) in [4.78, 5) is 0. The zero-order valence-electron chi connectivity index (χ0n) is 22.4. The number of hydrogen-bond donors (Lipinski definition) is 0. The Bertz CT molecular complexity index is 1690. The molecule has 6 aromatic carbocycles. The number of hydrogen-bond acceptors (Lipinski definition) is 2. The van der Waals surface area contributed by atoms with E-state index in [1.165, 1.54) is 66.1 Å². The lowest BCUT2D eigenvalue weighted by atomic mass is 9.82. The van der Waals surface area contributed by atoms with Crippen molar-refractivity contribution in [2.75, 3.05) is 14.2 Å². The van der Waals surface area contributed by atoms with E-state index in [2.05, 4.69) is 117 Å². The normalized spacial score (nSPS) is 11.2. The van der Waals surface area contributed by atoms with Gasteiger partial charge in [0.15, 0.2) is 0 Å². The largest absolute Gasteiger partial charge is 0.497 e. The van der Waals surface area contributed by atoms with Crippen LogP contribution in [0, 0.1) is 0 Å². The van der Waals surface area contributed by atoms with Gasteiger partial charge in [-0.3, -0.25) is 0 Å². The molecule has 6 rings (SSSR count). The highest BCUT2D eigenvalue weighted by molar-refractivity contribution is 9.08. The molecule has 40 heavy (non-hydrogen) atoms. The molecular weight excluding hydrogens is 624 g/mol. The van der Waals surface area contributed by atoms with E-state index in [-0.39, 0.29) is 0 Å². The maximum Gasteiger partial charge on any atom is 0.118 e. The Balaban J connectivity index is 1.75. The summed E-state index contributed by atoms with van der Waals surface area (Å²) in [7, 11) is 3.41. The summed E-state index contributed by atoms with van der Waals surface area (Å²) in [5, 5.41) is 6.36. The van der Waals surface area contributed by atoms with Gasteiger partial charge in [-0.25, -0.2) is 0 Å². The second-order valence-electron chi connectivity index (χ2n) is 9.72. The SMILES string of the molecule is COc1ccc(-c2cc3ccccc3c(-c3c(CBr)c(-c4ccc(OC)cc4)cc4ccccc34)c2CBr)cc1. The predicted molar refractivity (Wildman–Crippen MR) is 176 cm³/mol. The van der Waals surface area contributed by atoms with Gasteiger partial charge >= 0.3 is 0 Å². The van der Waals surface area contributed by atoms with E-state index in [1.807, 2.05) is 24.3 Å². The number of alkyl halides is 2. The van der Waals surface area contributed by atoms with Crippen molar-refractivity contribution in [1.29, 1.82) is 0 Å². The first kappa shape index (κ1) is 26.6. The second-order valence-corrected chi connectivity index (χ2v) is 10.8. The fourth-order valence-corrected chi connectivity index (χ4v) is 6.85. The molecule has 0 aromatic heterocycles. The molecule has 0 radical (unpaired) electrons. The van der Waals surface area contributed by atoms with E-state index in [9.17, 15) is 0 Å². The Kier molecular flexibility index (Phi) is 7.64. The monoisotopic (exact) mass is 650 g/mol. The molecule has 0 atom stereocenters. The van der Waals surface area contributed by atoms with Gasteiger partial charge in [-0.05, 0) is 102 Å². The standard InChI is InChI=1S/C36H28Br2O2/c1-39-27-15-11-23(12-16-27)31-19-25-7-3-5-9-29(25)35(33(31)21-37)36-30-10-6-4-8-26(30)20-32(34(36)22-38)24-13-17-28(40-2)18-14-24/h3-20H,21-22H2,1-2H3. The van der Waals surface area contributed by atoms with E-state index in [0.29, 0.717) is 0 Å². The van der Waals surface area contributed by atoms with E-state index in [0.717, 1.165) is 22.2 Å². The molecule has 4 heteroatoms. The van der Waals surface area contributed by atoms with Crippen LogP contribution in [0.25, 0.3) is 54.9 Å². The highest BCUT2D eigenvalue weighted by Crippen LogP contribution is 2.47. The van der Waals surface area contributed by atoms with Crippen LogP contribution in [-0.4, -0.2) is 14.2 Å². The van der Waals surface area contributed by atoms with Crippen molar-refractivity contribution < 1.29 is 9.47 Å². The average Bonchev–Trinajstić information content (AvgIpc) is 3.03. The summed E-state index contributed by atoms with van der Waals surface area (Å²) in [6.45, 7) is 0. The van der Waals surface area contributed by atoms with Gasteiger partial charge in [0.05, 0.1) is 14.2 Å². The van der Waals surface area contributed by atoms with E-state index < -0.39 is 0 Å². The molecule has 0 saturated heterocycles. The van der Waals surface area contributed by atoms with Crippen LogP contribution in [0.1, 0.15) is 11.1 Å². The molecule has 0 unspecified atom stereocenters. The van der Waals surface area contributed by atoms with Crippen molar-refractivity contribution in [2.45, 2.75) is 10.7 Å². The van der Waals surface area contributed by atoms with Gasteiger partial charge in [-0.1, -0.05) is 105 Å². The fraction of sp³-hybridized carbons (Fsp3) is 0.111. The lowest BCUT2D eigenvalue weighted by molar-refractivity contribution is 0.415. The number of halogens is 2. The predicted octanol–water partition coefficient (Wildman–Crippen LogP) is 10.8. The quantitative estimate of drug-likeness (QED) is 0.160. The van der Waals surface area contributed by atoms with E-state index >= 15 is 0 Å². The molecule has 0 bridgehead atoms. The topological polar surface area (TPSA) is 18.5 Å². The number of rotatable bonds is 7. The molecule has 0 aliphatic rings. The Morgan fingerprint density at radius 1 is 0.500 bits per heavy atom. The third-order valence-electron chi connectivity index (χ3n) is 7.63. The highest BCUT2D eigenvalue weighted by Gasteiger charge is 2.22.